The van der Waals surface area contributed by atoms with Gasteiger partial charge in [-0.25, -0.2) is 0 Å². The van der Waals surface area contributed by atoms with E-state index in [-0.39, 0.29) is 5.75 Å². The number of hydrogen-bond acceptors (Lipinski definition) is 2. The first-order valence-electron chi connectivity index (χ1n) is 10.4. The lowest BCUT2D eigenvalue weighted by molar-refractivity contribution is -0.0498. The second kappa shape index (κ2) is 10.2. The molecule has 4 heteroatoms. The minimum absolute atomic E-state index is 0.249. The fraction of sp³-hybridized carbons (Fsp3) is 0.652. The Morgan fingerprint density at radius 1 is 0.926 bits per heavy atom. The Bertz CT molecular complexity index is 569. The predicted octanol–water partition coefficient (Wildman–Crippen LogP) is 6.57. The molecule has 2 nitrogen and oxygen atoms in total. The normalized spacial score (nSPS) is 29.3. The van der Waals surface area contributed by atoms with Gasteiger partial charge >= 0.3 is 6.61 Å². The van der Waals surface area contributed by atoms with Crippen molar-refractivity contribution in [3.8, 4) is 5.75 Å². The summed E-state index contributed by atoms with van der Waals surface area (Å²) in [4.78, 5) is 0. The number of allylic oxidation sites excluding steroid dienone is 1. The summed E-state index contributed by atoms with van der Waals surface area (Å²) >= 11 is 0. The summed E-state index contributed by atoms with van der Waals surface area (Å²) in [5.41, 5.74) is 1.27. The van der Waals surface area contributed by atoms with Crippen LogP contribution in [0.3, 0.4) is 0 Å². The lowest BCUT2D eigenvalue weighted by Crippen LogP contribution is -2.25. The van der Waals surface area contributed by atoms with Crippen LogP contribution in [-0.2, 0) is 4.74 Å². The number of rotatable bonds is 7. The molecule has 0 heterocycles. The van der Waals surface area contributed by atoms with Crippen molar-refractivity contribution in [1.29, 1.82) is 0 Å². The Morgan fingerprint density at radius 3 is 2.07 bits per heavy atom. The van der Waals surface area contributed by atoms with E-state index in [1.54, 1.807) is 19.2 Å². The molecule has 0 saturated heterocycles. The lowest BCUT2D eigenvalue weighted by Gasteiger charge is -2.37. The Morgan fingerprint density at radius 2 is 1.52 bits per heavy atom. The molecule has 1 aromatic rings. The molecule has 0 spiro atoms. The van der Waals surface area contributed by atoms with Gasteiger partial charge in [0.1, 0.15) is 5.75 Å². The van der Waals surface area contributed by atoms with Crippen LogP contribution in [0.15, 0.2) is 36.4 Å². The first-order chi connectivity index (χ1) is 13.2. The molecule has 0 amide bonds. The maximum Gasteiger partial charge on any atom is 0.387 e. The molecule has 0 atom stereocenters. The number of hydrogen-bond donors (Lipinski definition) is 0. The topological polar surface area (TPSA) is 18.5 Å². The van der Waals surface area contributed by atoms with Gasteiger partial charge < -0.3 is 9.47 Å². The highest BCUT2D eigenvalue weighted by atomic mass is 19.3. The fourth-order valence-electron chi connectivity index (χ4n) is 5.00. The van der Waals surface area contributed by atoms with Gasteiger partial charge in [0.15, 0.2) is 0 Å². The van der Waals surface area contributed by atoms with Gasteiger partial charge in [-0.2, -0.15) is 8.78 Å². The molecule has 3 rings (SSSR count). The monoisotopic (exact) mass is 378 g/mol. The summed E-state index contributed by atoms with van der Waals surface area (Å²) in [5, 5.41) is 0. The summed E-state index contributed by atoms with van der Waals surface area (Å²) in [6.45, 7) is -2.03. The third-order valence-corrected chi connectivity index (χ3v) is 6.50. The van der Waals surface area contributed by atoms with E-state index in [0.29, 0.717) is 5.92 Å². The van der Waals surface area contributed by atoms with Gasteiger partial charge in [0, 0.05) is 7.11 Å². The largest absolute Gasteiger partial charge is 0.435 e. The average Bonchev–Trinajstić information content (AvgIpc) is 2.69. The van der Waals surface area contributed by atoms with Crippen LogP contribution >= 0.6 is 0 Å². The number of alkyl halides is 2. The first-order valence-corrected chi connectivity index (χ1v) is 10.4. The van der Waals surface area contributed by atoms with Crippen LogP contribution in [0.25, 0.3) is 0 Å². The molecule has 2 aliphatic rings. The van der Waals surface area contributed by atoms with Gasteiger partial charge in [-0.1, -0.05) is 24.3 Å². The summed E-state index contributed by atoms with van der Waals surface area (Å²) in [6, 6.07) is 7.26. The quantitative estimate of drug-likeness (QED) is 0.500. The molecule has 150 valence electrons. The van der Waals surface area contributed by atoms with Crippen molar-refractivity contribution in [2.24, 2.45) is 17.8 Å². The third-order valence-electron chi connectivity index (χ3n) is 6.50. The van der Waals surface area contributed by atoms with E-state index in [1.807, 2.05) is 12.1 Å². The molecule has 2 aliphatic carbocycles. The molecule has 27 heavy (non-hydrogen) atoms. The Hall–Kier alpha value is -1.42. The van der Waals surface area contributed by atoms with E-state index >= 15 is 0 Å². The van der Waals surface area contributed by atoms with Crippen molar-refractivity contribution >= 4 is 0 Å². The molecule has 1 aromatic carbocycles. The minimum Gasteiger partial charge on any atom is -0.435 e. The summed E-state index contributed by atoms with van der Waals surface area (Å²) < 4.78 is 34.1. The molecule has 0 aliphatic heterocycles. The van der Waals surface area contributed by atoms with E-state index in [2.05, 4.69) is 16.9 Å². The van der Waals surface area contributed by atoms with E-state index < -0.39 is 6.61 Å². The highest BCUT2D eigenvalue weighted by molar-refractivity contribution is 5.29. The Kier molecular flexibility index (Phi) is 7.69. The highest BCUT2D eigenvalue weighted by Gasteiger charge is 2.30. The van der Waals surface area contributed by atoms with Crippen LogP contribution in [0.1, 0.15) is 62.8 Å². The van der Waals surface area contributed by atoms with Crippen molar-refractivity contribution < 1.29 is 18.3 Å². The van der Waals surface area contributed by atoms with Gasteiger partial charge in [0.05, 0.1) is 6.61 Å². The molecule has 0 bridgehead atoms. The number of methoxy groups -OCH3 is 1. The summed E-state index contributed by atoms with van der Waals surface area (Å²) in [7, 11) is 1.74. The Labute approximate surface area is 161 Å². The second-order valence-electron chi connectivity index (χ2n) is 8.12. The summed E-state index contributed by atoms with van der Waals surface area (Å²) in [5.74, 6) is 3.31. The van der Waals surface area contributed by atoms with Crippen LogP contribution in [0.4, 0.5) is 8.78 Å². The first kappa shape index (κ1) is 20.3. The maximum atomic E-state index is 12.3. The van der Waals surface area contributed by atoms with Crippen LogP contribution in [0, 0.1) is 17.8 Å². The van der Waals surface area contributed by atoms with Crippen molar-refractivity contribution in [2.75, 3.05) is 13.7 Å². The van der Waals surface area contributed by atoms with Gasteiger partial charge in [-0.15, -0.1) is 0 Å². The number of ether oxygens (including phenoxy) is 2. The van der Waals surface area contributed by atoms with Crippen LogP contribution < -0.4 is 4.74 Å². The van der Waals surface area contributed by atoms with E-state index in [9.17, 15) is 8.78 Å². The lowest BCUT2D eigenvalue weighted by atomic mass is 9.68. The molecular weight excluding hydrogens is 346 g/mol. The number of benzene rings is 1. The zero-order valence-electron chi connectivity index (χ0n) is 16.3. The molecule has 0 aromatic heterocycles. The minimum atomic E-state index is -2.75. The van der Waals surface area contributed by atoms with Crippen LogP contribution in [-0.4, -0.2) is 20.3 Å². The molecule has 0 radical (unpaired) electrons. The average molecular weight is 379 g/mol. The van der Waals surface area contributed by atoms with E-state index in [1.165, 1.54) is 56.9 Å². The zero-order chi connectivity index (χ0) is 19.1. The predicted molar refractivity (Wildman–Crippen MR) is 104 cm³/mol. The molecule has 0 unspecified atom stereocenters. The van der Waals surface area contributed by atoms with Crippen LogP contribution in [0.2, 0.25) is 0 Å². The Balaban J connectivity index is 1.43. The van der Waals surface area contributed by atoms with Gasteiger partial charge in [-0.3, -0.25) is 0 Å². The smallest absolute Gasteiger partial charge is 0.387 e. The third kappa shape index (κ3) is 6.03. The van der Waals surface area contributed by atoms with Crippen molar-refractivity contribution in [3.63, 3.8) is 0 Å². The number of halogens is 2. The van der Waals surface area contributed by atoms with E-state index in [0.717, 1.165) is 24.4 Å². The maximum absolute atomic E-state index is 12.3. The van der Waals surface area contributed by atoms with Crippen LogP contribution in [0.5, 0.6) is 5.75 Å². The van der Waals surface area contributed by atoms with Crippen molar-refractivity contribution in [3.05, 3.63) is 42.0 Å². The van der Waals surface area contributed by atoms with Gasteiger partial charge in [-0.05, 0) is 92.7 Å². The molecular formula is C23H32F2O2. The zero-order valence-corrected chi connectivity index (χ0v) is 16.3. The second-order valence-corrected chi connectivity index (χ2v) is 8.12. The van der Waals surface area contributed by atoms with E-state index in [4.69, 9.17) is 4.74 Å². The molecule has 0 N–H and O–H groups in total. The highest BCUT2D eigenvalue weighted by Crippen LogP contribution is 2.44. The van der Waals surface area contributed by atoms with Crippen molar-refractivity contribution in [1.82, 2.24) is 0 Å². The van der Waals surface area contributed by atoms with Crippen molar-refractivity contribution in [2.45, 2.75) is 63.9 Å². The summed E-state index contributed by atoms with van der Waals surface area (Å²) in [6.07, 6.45) is 14.9. The van der Waals surface area contributed by atoms with Gasteiger partial charge in [0.2, 0.25) is 0 Å². The molecule has 2 fully saturated rings. The SMILES string of the molecule is COC/C=C/C1CCC(C2CCC(c3ccc(OC(F)F)cc3)CC2)CC1. The fourth-order valence-corrected chi connectivity index (χ4v) is 5.00. The van der Waals surface area contributed by atoms with Gasteiger partial charge in [0.25, 0.3) is 0 Å². The standard InChI is InChI=1S/C23H32F2O2/c1-26-16-2-3-17-4-6-18(7-5-17)19-8-10-20(11-9-19)21-12-14-22(15-13-21)27-23(24)25/h2-3,12-15,17-20,23H,4-11,16H2,1H3/b3-2+. The molecule has 2 saturated carbocycles.